The van der Waals surface area contributed by atoms with Crippen LogP contribution >= 0.6 is 0 Å². The molecule has 1 saturated heterocycles. The largest absolute Gasteiger partial charge is 0.313 e. The summed E-state index contributed by atoms with van der Waals surface area (Å²) in [6, 6.07) is 0.852. The van der Waals surface area contributed by atoms with Crippen molar-refractivity contribution in [3.63, 3.8) is 0 Å². The van der Waals surface area contributed by atoms with E-state index in [0.29, 0.717) is 0 Å². The van der Waals surface area contributed by atoms with E-state index in [4.69, 9.17) is 0 Å². The molecule has 2 rings (SSSR count). The van der Waals surface area contributed by atoms with Crippen molar-refractivity contribution in [3.05, 3.63) is 0 Å². The van der Waals surface area contributed by atoms with Crippen molar-refractivity contribution >= 4 is 0 Å². The monoisotopic (exact) mass is 210 g/mol. The van der Waals surface area contributed by atoms with E-state index in [1.165, 1.54) is 51.9 Å². The Hall–Kier alpha value is -0.0800. The molecule has 0 aromatic carbocycles. The number of rotatable bonds is 4. The van der Waals surface area contributed by atoms with Crippen molar-refractivity contribution < 1.29 is 0 Å². The van der Waals surface area contributed by atoms with Gasteiger partial charge in [0.15, 0.2) is 0 Å². The molecule has 0 bridgehead atoms. The first-order valence-electron chi connectivity index (χ1n) is 6.70. The maximum Gasteiger partial charge on any atom is 0.0107 e. The van der Waals surface area contributed by atoms with Crippen LogP contribution in [-0.2, 0) is 0 Å². The average Bonchev–Trinajstić information content (AvgIpc) is 2.07. The van der Waals surface area contributed by atoms with Crippen molar-refractivity contribution in [2.24, 2.45) is 11.8 Å². The number of hydrogen-bond donors (Lipinski definition) is 1. The smallest absolute Gasteiger partial charge is 0.0107 e. The number of piperidine rings is 1. The molecule has 88 valence electrons. The molecule has 2 heteroatoms. The summed E-state index contributed by atoms with van der Waals surface area (Å²) in [6.45, 7) is 9.87. The number of nitrogens with zero attached hydrogens (tertiary/aromatic N) is 1. The fourth-order valence-electron chi connectivity index (χ4n) is 3.01. The molecule has 1 N–H and O–H groups in total. The second-order valence-electron chi connectivity index (χ2n) is 5.79. The Morgan fingerprint density at radius 1 is 1.13 bits per heavy atom. The van der Waals surface area contributed by atoms with Crippen molar-refractivity contribution in [2.75, 3.05) is 26.2 Å². The number of likely N-dealkylation sites (tertiary alicyclic amines) is 1. The van der Waals surface area contributed by atoms with Gasteiger partial charge in [0.1, 0.15) is 0 Å². The Balaban J connectivity index is 1.60. The first-order chi connectivity index (χ1) is 7.24. The molecular formula is C13H26N2. The van der Waals surface area contributed by atoms with Crippen molar-refractivity contribution in [3.8, 4) is 0 Å². The SMILES string of the molecule is CC1CC(C)CN(CCNC2CCC2)C1. The van der Waals surface area contributed by atoms with E-state index in [0.717, 1.165) is 17.9 Å². The lowest BCUT2D eigenvalue weighted by molar-refractivity contribution is 0.139. The normalized spacial score (nSPS) is 34.0. The highest BCUT2D eigenvalue weighted by atomic mass is 15.2. The summed E-state index contributed by atoms with van der Waals surface area (Å²) in [5.41, 5.74) is 0. The third-order valence-electron chi connectivity index (χ3n) is 3.91. The van der Waals surface area contributed by atoms with Crippen LogP contribution in [0.2, 0.25) is 0 Å². The Bertz CT molecular complexity index is 179. The topological polar surface area (TPSA) is 15.3 Å². The van der Waals surface area contributed by atoms with Crippen LogP contribution in [0.15, 0.2) is 0 Å². The number of nitrogens with one attached hydrogen (secondary N) is 1. The molecule has 1 heterocycles. The fourth-order valence-corrected chi connectivity index (χ4v) is 3.01. The maximum atomic E-state index is 3.65. The molecule has 2 nitrogen and oxygen atoms in total. The minimum absolute atomic E-state index is 0.852. The molecule has 0 radical (unpaired) electrons. The lowest BCUT2D eigenvalue weighted by atomic mass is 9.91. The van der Waals surface area contributed by atoms with E-state index in [1.54, 1.807) is 0 Å². The number of hydrogen-bond acceptors (Lipinski definition) is 2. The molecule has 2 fully saturated rings. The van der Waals surface area contributed by atoms with E-state index in [2.05, 4.69) is 24.1 Å². The summed E-state index contributed by atoms with van der Waals surface area (Å²) in [4.78, 5) is 2.64. The van der Waals surface area contributed by atoms with E-state index >= 15 is 0 Å². The summed E-state index contributed by atoms with van der Waals surface area (Å²) in [5.74, 6) is 1.80. The quantitative estimate of drug-likeness (QED) is 0.764. The third-order valence-corrected chi connectivity index (χ3v) is 3.91. The van der Waals surface area contributed by atoms with Crippen molar-refractivity contribution in [1.29, 1.82) is 0 Å². The zero-order chi connectivity index (χ0) is 10.7. The Morgan fingerprint density at radius 3 is 2.33 bits per heavy atom. The zero-order valence-electron chi connectivity index (χ0n) is 10.3. The van der Waals surface area contributed by atoms with Gasteiger partial charge < -0.3 is 10.2 Å². The summed E-state index contributed by atoms with van der Waals surface area (Å²) >= 11 is 0. The van der Waals surface area contributed by atoms with Crippen LogP contribution in [0.5, 0.6) is 0 Å². The summed E-state index contributed by atoms with van der Waals surface area (Å²) in [5, 5.41) is 3.65. The van der Waals surface area contributed by atoms with Gasteiger partial charge in [0.25, 0.3) is 0 Å². The minimum atomic E-state index is 0.852. The highest BCUT2D eigenvalue weighted by Gasteiger charge is 2.22. The Kier molecular flexibility index (Phi) is 4.04. The van der Waals surface area contributed by atoms with Crippen LogP contribution < -0.4 is 5.32 Å². The molecule has 1 aliphatic carbocycles. The van der Waals surface area contributed by atoms with Crippen molar-refractivity contribution in [2.45, 2.75) is 45.6 Å². The summed E-state index contributed by atoms with van der Waals surface area (Å²) in [6.07, 6.45) is 5.68. The van der Waals surface area contributed by atoms with Crippen LogP contribution in [0.25, 0.3) is 0 Å². The molecule has 0 amide bonds. The van der Waals surface area contributed by atoms with Gasteiger partial charge in [-0.15, -0.1) is 0 Å². The van der Waals surface area contributed by atoms with Crippen LogP contribution in [0, 0.1) is 11.8 Å². The molecule has 2 aliphatic rings. The molecule has 2 atom stereocenters. The lowest BCUT2D eigenvalue weighted by Gasteiger charge is -2.36. The molecule has 0 aromatic heterocycles. The molecule has 0 aromatic rings. The van der Waals surface area contributed by atoms with E-state index < -0.39 is 0 Å². The van der Waals surface area contributed by atoms with E-state index in [9.17, 15) is 0 Å². The van der Waals surface area contributed by atoms with Crippen LogP contribution in [0.4, 0.5) is 0 Å². The van der Waals surface area contributed by atoms with Gasteiger partial charge >= 0.3 is 0 Å². The highest BCUT2D eigenvalue weighted by Crippen LogP contribution is 2.21. The van der Waals surface area contributed by atoms with Crippen LogP contribution in [-0.4, -0.2) is 37.1 Å². The summed E-state index contributed by atoms with van der Waals surface area (Å²) < 4.78 is 0. The predicted molar refractivity (Wildman–Crippen MR) is 65.0 cm³/mol. The molecule has 2 unspecified atom stereocenters. The summed E-state index contributed by atoms with van der Waals surface area (Å²) in [7, 11) is 0. The van der Waals surface area contributed by atoms with E-state index in [1.807, 2.05) is 0 Å². The standard InChI is InChI=1S/C13H26N2/c1-11-8-12(2)10-15(9-11)7-6-14-13-4-3-5-13/h11-14H,3-10H2,1-2H3. The van der Waals surface area contributed by atoms with Crippen LogP contribution in [0.3, 0.4) is 0 Å². The van der Waals surface area contributed by atoms with Gasteiger partial charge in [-0.25, -0.2) is 0 Å². The predicted octanol–water partition coefficient (Wildman–Crippen LogP) is 2.11. The zero-order valence-corrected chi connectivity index (χ0v) is 10.3. The molecule has 15 heavy (non-hydrogen) atoms. The molecule has 1 saturated carbocycles. The van der Waals surface area contributed by atoms with Gasteiger partial charge in [0, 0.05) is 32.2 Å². The molecular weight excluding hydrogens is 184 g/mol. The first kappa shape index (κ1) is 11.4. The van der Waals surface area contributed by atoms with E-state index in [-0.39, 0.29) is 0 Å². The Morgan fingerprint density at radius 2 is 1.80 bits per heavy atom. The second kappa shape index (κ2) is 5.31. The second-order valence-corrected chi connectivity index (χ2v) is 5.79. The fraction of sp³-hybridized carbons (Fsp3) is 1.00. The molecule has 0 spiro atoms. The first-order valence-corrected chi connectivity index (χ1v) is 6.70. The van der Waals surface area contributed by atoms with Gasteiger partial charge in [-0.05, 0) is 31.1 Å². The van der Waals surface area contributed by atoms with Gasteiger partial charge in [-0.3, -0.25) is 0 Å². The van der Waals surface area contributed by atoms with Gasteiger partial charge in [-0.1, -0.05) is 20.3 Å². The van der Waals surface area contributed by atoms with Crippen LogP contribution in [0.1, 0.15) is 39.5 Å². The Labute approximate surface area is 94.4 Å². The highest BCUT2D eigenvalue weighted by molar-refractivity contribution is 4.78. The lowest BCUT2D eigenvalue weighted by Crippen LogP contribution is -2.44. The van der Waals surface area contributed by atoms with Crippen molar-refractivity contribution in [1.82, 2.24) is 10.2 Å². The minimum Gasteiger partial charge on any atom is -0.313 e. The van der Waals surface area contributed by atoms with Gasteiger partial charge in [-0.2, -0.15) is 0 Å². The van der Waals surface area contributed by atoms with Gasteiger partial charge in [0.05, 0.1) is 0 Å². The van der Waals surface area contributed by atoms with Gasteiger partial charge in [0.2, 0.25) is 0 Å². The maximum absolute atomic E-state index is 3.65. The average molecular weight is 210 g/mol. The third kappa shape index (κ3) is 3.46. The molecule has 1 aliphatic heterocycles.